The van der Waals surface area contributed by atoms with Crippen LogP contribution in [0.1, 0.15) is 20.8 Å². The van der Waals surface area contributed by atoms with Gasteiger partial charge < -0.3 is 0 Å². The number of hydrogen-bond acceptors (Lipinski definition) is 3. The Kier molecular flexibility index (Phi) is 5.68. The van der Waals surface area contributed by atoms with Crippen molar-refractivity contribution in [1.29, 1.82) is 0 Å². The van der Waals surface area contributed by atoms with E-state index < -0.39 is 23.7 Å². The topological polar surface area (TPSA) is 75.6 Å². The molecule has 0 bridgehead atoms. The van der Waals surface area contributed by atoms with E-state index in [1.54, 1.807) is 20.8 Å². The van der Waals surface area contributed by atoms with Gasteiger partial charge in [-0.05, 0) is 0 Å². The zero-order chi connectivity index (χ0) is 12.1. The Bertz CT molecular complexity index is 237. The third-order valence-electron chi connectivity index (χ3n) is 1.32. The molecular weight excluding hydrogens is 265 g/mol. The van der Waals surface area contributed by atoms with Crippen molar-refractivity contribution in [2.24, 2.45) is 0 Å². The van der Waals surface area contributed by atoms with Gasteiger partial charge in [0, 0.05) is 0 Å². The average molecular weight is 282 g/mol. The first-order chi connectivity index (χ1) is 6.76. The van der Waals surface area contributed by atoms with Gasteiger partial charge >= 0.3 is 95.3 Å². The summed E-state index contributed by atoms with van der Waals surface area (Å²) in [5.74, 6) is 0.893. The van der Waals surface area contributed by atoms with Crippen LogP contribution in [0.25, 0.3) is 0 Å². The van der Waals surface area contributed by atoms with E-state index >= 15 is 0 Å². The molecule has 0 spiro atoms. The molecule has 0 fully saturated rings. The first kappa shape index (κ1) is 14.3. The van der Waals surface area contributed by atoms with Crippen LogP contribution in [0, 0.1) is 0 Å². The van der Waals surface area contributed by atoms with Crippen molar-refractivity contribution in [3.05, 3.63) is 0 Å². The van der Waals surface area contributed by atoms with Crippen molar-refractivity contribution in [2.75, 3.05) is 0 Å². The number of rotatable bonds is 4. The van der Waals surface area contributed by atoms with E-state index in [1.807, 2.05) is 5.82 Å². The molecule has 1 atom stereocenters. The van der Waals surface area contributed by atoms with E-state index in [9.17, 15) is 9.59 Å². The molecule has 5 nitrogen and oxygen atoms in total. The molecule has 6 heteroatoms. The van der Waals surface area contributed by atoms with Crippen LogP contribution in [0.5, 0.6) is 0 Å². The zero-order valence-electron chi connectivity index (χ0n) is 9.36. The van der Waals surface area contributed by atoms with Crippen molar-refractivity contribution in [3.8, 4) is 0 Å². The molecule has 88 valence electrons. The molecule has 0 unspecified atom stereocenters. The van der Waals surface area contributed by atoms with E-state index in [1.165, 1.54) is 0 Å². The van der Waals surface area contributed by atoms with E-state index in [4.69, 9.17) is 9.84 Å². The van der Waals surface area contributed by atoms with E-state index in [0.717, 1.165) is 0 Å². The average Bonchev–Trinajstić information content (AvgIpc) is 1.99. The second-order valence-electron chi connectivity index (χ2n) is 3.99. The summed E-state index contributed by atoms with van der Waals surface area (Å²) in [6.07, 6.45) is -0.681. The molecule has 1 amide bonds. The van der Waals surface area contributed by atoms with Crippen LogP contribution in [0.3, 0.4) is 0 Å². The molecule has 0 aromatic rings. The summed E-state index contributed by atoms with van der Waals surface area (Å²) >= 11 is 0.193. The number of nitrogens with one attached hydrogen (secondary N) is 1. The predicted octanol–water partition coefficient (Wildman–Crippen LogP) is 1.13. The fourth-order valence-electron chi connectivity index (χ4n) is 0.791. The number of amides is 1. The Morgan fingerprint density at radius 3 is 2.33 bits per heavy atom. The molecule has 0 aromatic carbocycles. The summed E-state index contributed by atoms with van der Waals surface area (Å²) in [7, 11) is 0. The van der Waals surface area contributed by atoms with E-state index in [2.05, 4.69) is 5.32 Å². The van der Waals surface area contributed by atoms with Crippen molar-refractivity contribution < 1.29 is 19.4 Å². The Labute approximate surface area is 95.7 Å². The minimum absolute atomic E-state index is 0.193. The predicted molar refractivity (Wildman–Crippen MR) is 57.2 cm³/mol. The first-order valence-electron chi connectivity index (χ1n) is 4.47. The SMILES string of the molecule is C[Se]C[C@@H](NC(=O)OC(C)(C)C)C(=O)O. The molecule has 0 heterocycles. The van der Waals surface area contributed by atoms with Crippen LogP contribution in [0.15, 0.2) is 0 Å². The molecule has 0 aliphatic rings. The third-order valence-corrected chi connectivity index (χ3v) is 2.72. The summed E-state index contributed by atoms with van der Waals surface area (Å²) in [4.78, 5) is 22.0. The van der Waals surface area contributed by atoms with Gasteiger partial charge in [0.25, 0.3) is 0 Å². The van der Waals surface area contributed by atoms with Crippen molar-refractivity contribution in [1.82, 2.24) is 5.32 Å². The first-order valence-corrected chi connectivity index (χ1v) is 7.40. The number of alkyl carbamates (subject to hydrolysis) is 1. The molecule has 0 saturated carbocycles. The van der Waals surface area contributed by atoms with E-state index in [-0.39, 0.29) is 15.0 Å². The summed E-state index contributed by atoms with van der Waals surface area (Å²) < 4.78 is 4.96. The van der Waals surface area contributed by atoms with Gasteiger partial charge in [0.2, 0.25) is 0 Å². The van der Waals surface area contributed by atoms with Gasteiger partial charge in [-0.25, -0.2) is 0 Å². The van der Waals surface area contributed by atoms with Crippen LogP contribution in [0.2, 0.25) is 11.1 Å². The monoisotopic (exact) mass is 283 g/mol. The van der Waals surface area contributed by atoms with Crippen LogP contribution < -0.4 is 5.32 Å². The molecule has 0 aliphatic heterocycles. The molecule has 0 aromatic heterocycles. The van der Waals surface area contributed by atoms with Crippen LogP contribution in [0.4, 0.5) is 4.79 Å². The van der Waals surface area contributed by atoms with Crippen LogP contribution in [-0.2, 0) is 9.53 Å². The fourth-order valence-corrected chi connectivity index (χ4v) is 1.96. The van der Waals surface area contributed by atoms with Gasteiger partial charge in [0.05, 0.1) is 0 Å². The second kappa shape index (κ2) is 5.98. The Balaban J connectivity index is 4.18. The normalized spacial score (nSPS) is 13.1. The standard InChI is InChI=1S/C9H17NO4Se/c1-9(2,3)14-8(13)10-6(5-15-4)7(11)12/h6H,5H2,1-4H3,(H,10,13)(H,11,12)/t6-/m1/s1. The molecule has 0 radical (unpaired) electrons. The van der Waals surface area contributed by atoms with Crippen LogP contribution in [-0.4, -0.2) is 43.8 Å². The number of ether oxygens (including phenoxy) is 1. The zero-order valence-corrected chi connectivity index (χ0v) is 11.1. The number of carbonyl (C=O) groups is 2. The van der Waals surface area contributed by atoms with Gasteiger partial charge in [-0.15, -0.1) is 0 Å². The second-order valence-corrected chi connectivity index (χ2v) is 5.90. The maximum atomic E-state index is 11.3. The van der Waals surface area contributed by atoms with Crippen molar-refractivity contribution >= 4 is 27.0 Å². The summed E-state index contributed by atoms with van der Waals surface area (Å²) in [5, 5.41) is 11.6. The molecule has 15 heavy (non-hydrogen) atoms. The number of aliphatic carboxylic acids is 1. The quantitative estimate of drug-likeness (QED) is 0.758. The molecule has 0 saturated heterocycles. The van der Waals surface area contributed by atoms with Gasteiger partial charge in [-0.3, -0.25) is 0 Å². The number of carboxylic acids is 1. The van der Waals surface area contributed by atoms with Crippen LogP contribution >= 0.6 is 0 Å². The molecule has 2 N–H and O–H groups in total. The summed E-state index contributed by atoms with van der Waals surface area (Å²) in [6.45, 7) is 5.18. The number of hydrogen-bond donors (Lipinski definition) is 2. The number of carbonyl (C=O) groups excluding carboxylic acids is 1. The van der Waals surface area contributed by atoms with Gasteiger partial charge in [-0.1, -0.05) is 0 Å². The Hall–Kier alpha value is -0.741. The van der Waals surface area contributed by atoms with Gasteiger partial charge in [0.1, 0.15) is 0 Å². The fraction of sp³-hybridized carbons (Fsp3) is 0.778. The maximum absolute atomic E-state index is 11.3. The van der Waals surface area contributed by atoms with Gasteiger partial charge in [-0.2, -0.15) is 0 Å². The minimum atomic E-state index is -1.02. The molecular formula is C9H17NO4Se. The molecule has 0 rings (SSSR count). The number of carboxylic acid groups (broad SMARTS) is 1. The third kappa shape index (κ3) is 7.22. The Morgan fingerprint density at radius 2 is 2.00 bits per heavy atom. The van der Waals surface area contributed by atoms with E-state index in [0.29, 0.717) is 5.32 Å². The summed E-state index contributed by atoms with van der Waals surface area (Å²) in [5.41, 5.74) is -0.607. The van der Waals surface area contributed by atoms with Crippen molar-refractivity contribution in [2.45, 2.75) is 43.6 Å². The van der Waals surface area contributed by atoms with Gasteiger partial charge in [0.15, 0.2) is 0 Å². The Morgan fingerprint density at radius 1 is 1.47 bits per heavy atom. The summed E-state index contributed by atoms with van der Waals surface area (Å²) in [6, 6.07) is -0.843. The molecule has 0 aliphatic carbocycles. The van der Waals surface area contributed by atoms with Crippen molar-refractivity contribution in [3.63, 3.8) is 0 Å².